The zero-order chi connectivity index (χ0) is 23.6. The Balaban J connectivity index is 1.58. The molecule has 33 heavy (non-hydrogen) atoms. The van der Waals surface area contributed by atoms with Gasteiger partial charge >= 0.3 is 0 Å². The number of hydrogen-bond acceptors (Lipinski definition) is 6. The van der Waals surface area contributed by atoms with E-state index in [9.17, 15) is 4.79 Å². The Hall–Kier alpha value is -3.58. The maximum atomic E-state index is 12.0. The van der Waals surface area contributed by atoms with Crippen LogP contribution in [0.3, 0.4) is 0 Å². The summed E-state index contributed by atoms with van der Waals surface area (Å²) in [6.45, 7) is 4.80. The van der Waals surface area contributed by atoms with Crippen LogP contribution in [0.2, 0.25) is 5.02 Å². The molecule has 1 amide bonds. The number of amides is 1. The maximum Gasteiger partial charge on any atom is 0.271 e. The molecule has 1 heterocycles. The van der Waals surface area contributed by atoms with Gasteiger partial charge in [0.2, 0.25) is 0 Å². The Morgan fingerprint density at radius 2 is 1.88 bits per heavy atom. The quantitative estimate of drug-likeness (QED) is 0.262. The largest absolute Gasteiger partial charge is 0.493 e. The van der Waals surface area contributed by atoms with Crippen molar-refractivity contribution in [2.75, 3.05) is 20.3 Å². The lowest BCUT2D eigenvalue weighted by Gasteiger charge is -2.14. The lowest BCUT2D eigenvalue weighted by Crippen LogP contribution is -2.17. The Labute approximate surface area is 198 Å². The van der Waals surface area contributed by atoms with E-state index in [1.807, 2.05) is 19.1 Å². The number of carbonyl (C=O) groups is 1. The van der Waals surface area contributed by atoms with Crippen LogP contribution in [0.25, 0.3) is 0 Å². The van der Waals surface area contributed by atoms with Crippen molar-refractivity contribution in [3.05, 3.63) is 82.1 Å². The lowest BCUT2D eigenvalue weighted by atomic mass is 10.1. The molecule has 0 unspecified atom stereocenters. The van der Waals surface area contributed by atoms with Gasteiger partial charge in [0.25, 0.3) is 5.91 Å². The van der Waals surface area contributed by atoms with Crippen LogP contribution in [0, 0.1) is 6.92 Å². The monoisotopic (exact) mass is 467 g/mol. The summed E-state index contributed by atoms with van der Waals surface area (Å²) in [5.41, 5.74) is 5.94. The van der Waals surface area contributed by atoms with Crippen molar-refractivity contribution in [2.24, 2.45) is 5.10 Å². The van der Waals surface area contributed by atoms with Crippen molar-refractivity contribution in [1.82, 2.24) is 10.4 Å². The summed E-state index contributed by atoms with van der Waals surface area (Å²) in [5.74, 6) is 1.34. The standard InChI is InChI=1S/C25H26ClN3O4/c1-4-18-11-17(2)12-21(13-18)32-9-10-33-24-22(26)14-19(15-23(24)31-3)16-28-29-25(30)20-5-7-27-8-6-20/h5-8,11-16H,4,9-10H2,1-3H3,(H,29,30). The molecule has 0 bridgehead atoms. The first-order chi connectivity index (χ1) is 16.0. The molecule has 0 fully saturated rings. The number of aromatic nitrogens is 1. The number of carbonyl (C=O) groups excluding carboxylic acids is 1. The van der Waals surface area contributed by atoms with Crippen LogP contribution in [0.5, 0.6) is 17.2 Å². The van der Waals surface area contributed by atoms with Gasteiger partial charge in [-0.2, -0.15) is 5.10 Å². The predicted octanol–water partition coefficient (Wildman–Crippen LogP) is 4.84. The molecule has 0 saturated carbocycles. The van der Waals surface area contributed by atoms with E-state index >= 15 is 0 Å². The second kappa shape index (κ2) is 11.9. The van der Waals surface area contributed by atoms with Gasteiger partial charge < -0.3 is 14.2 Å². The summed E-state index contributed by atoms with van der Waals surface area (Å²) in [6, 6.07) is 12.8. The fourth-order valence-electron chi connectivity index (χ4n) is 3.10. The number of pyridine rings is 1. The summed E-state index contributed by atoms with van der Waals surface area (Å²) in [4.78, 5) is 15.9. The van der Waals surface area contributed by atoms with Gasteiger partial charge in [0.1, 0.15) is 19.0 Å². The summed E-state index contributed by atoms with van der Waals surface area (Å²) in [7, 11) is 1.53. The van der Waals surface area contributed by atoms with Gasteiger partial charge in [-0.05, 0) is 66.4 Å². The van der Waals surface area contributed by atoms with E-state index < -0.39 is 0 Å². The van der Waals surface area contributed by atoms with E-state index in [4.69, 9.17) is 25.8 Å². The van der Waals surface area contributed by atoms with Crippen molar-refractivity contribution in [3.8, 4) is 17.2 Å². The highest BCUT2D eigenvalue weighted by atomic mass is 35.5. The number of methoxy groups -OCH3 is 1. The third kappa shape index (κ3) is 6.95. The van der Waals surface area contributed by atoms with E-state index in [1.54, 1.807) is 24.3 Å². The molecule has 1 aromatic heterocycles. The summed E-state index contributed by atoms with van der Waals surface area (Å²) >= 11 is 6.41. The van der Waals surface area contributed by atoms with Crippen LogP contribution in [-0.2, 0) is 6.42 Å². The number of benzene rings is 2. The smallest absolute Gasteiger partial charge is 0.271 e. The van der Waals surface area contributed by atoms with Crippen LogP contribution in [-0.4, -0.2) is 37.4 Å². The fraction of sp³-hybridized carbons (Fsp3) is 0.240. The van der Waals surface area contributed by atoms with E-state index in [0.717, 1.165) is 17.7 Å². The molecule has 0 radical (unpaired) electrons. The normalized spacial score (nSPS) is 10.8. The molecule has 0 aliphatic rings. The van der Waals surface area contributed by atoms with Crippen LogP contribution < -0.4 is 19.6 Å². The van der Waals surface area contributed by atoms with E-state index in [-0.39, 0.29) is 5.91 Å². The molecule has 2 aromatic carbocycles. The number of rotatable bonds is 10. The number of hydrogen-bond donors (Lipinski definition) is 1. The Kier molecular flexibility index (Phi) is 8.66. The third-order valence-corrected chi connectivity index (χ3v) is 4.97. The number of nitrogens with one attached hydrogen (secondary N) is 1. The number of aryl methyl sites for hydroxylation is 2. The molecule has 0 saturated heterocycles. The van der Waals surface area contributed by atoms with Crippen LogP contribution in [0.1, 0.15) is 34.0 Å². The molecule has 0 atom stereocenters. The average molecular weight is 468 g/mol. The minimum atomic E-state index is -0.341. The number of hydrazone groups is 1. The van der Waals surface area contributed by atoms with Gasteiger partial charge in [-0.3, -0.25) is 9.78 Å². The van der Waals surface area contributed by atoms with Gasteiger partial charge in [-0.25, -0.2) is 5.43 Å². The maximum absolute atomic E-state index is 12.0. The van der Waals surface area contributed by atoms with Crippen LogP contribution in [0.15, 0.2) is 60.0 Å². The predicted molar refractivity (Wildman–Crippen MR) is 129 cm³/mol. The molecule has 1 N–H and O–H groups in total. The second-order valence-corrected chi connectivity index (χ2v) is 7.58. The molecule has 172 valence electrons. The number of nitrogens with zero attached hydrogens (tertiary/aromatic N) is 2. The van der Waals surface area contributed by atoms with Crippen LogP contribution >= 0.6 is 11.6 Å². The highest BCUT2D eigenvalue weighted by molar-refractivity contribution is 6.32. The van der Waals surface area contributed by atoms with Gasteiger partial charge in [0, 0.05) is 18.0 Å². The molecule has 7 nitrogen and oxygen atoms in total. The Bertz CT molecular complexity index is 1120. The van der Waals surface area contributed by atoms with Crippen molar-refractivity contribution < 1.29 is 19.0 Å². The van der Waals surface area contributed by atoms with Crippen molar-refractivity contribution in [2.45, 2.75) is 20.3 Å². The fourth-order valence-corrected chi connectivity index (χ4v) is 3.38. The number of ether oxygens (including phenoxy) is 3. The van der Waals surface area contributed by atoms with Gasteiger partial charge in [-0.15, -0.1) is 0 Å². The average Bonchev–Trinajstić information content (AvgIpc) is 2.82. The molecule has 0 aliphatic carbocycles. The van der Waals surface area contributed by atoms with Crippen molar-refractivity contribution in [1.29, 1.82) is 0 Å². The minimum absolute atomic E-state index is 0.293. The summed E-state index contributed by atoms with van der Waals surface area (Å²) in [6.07, 6.45) is 5.50. The van der Waals surface area contributed by atoms with E-state index in [0.29, 0.717) is 40.9 Å². The van der Waals surface area contributed by atoms with Crippen molar-refractivity contribution in [3.63, 3.8) is 0 Å². The van der Waals surface area contributed by atoms with Gasteiger partial charge in [0.05, 0.1) is 18.3 Å². The zero-order valence-corrected chi connectivity index (χ0v) is 19.6. The third-order valence-electron chi connectivity index (χ3n) is 4.69. The highest BCUT2D eigenvalue weighted by Crippen LogP contribution is 2.36. The topological polar surface area (TPSA) is 82.0 Å². The molecule has 0 aliphatic heterocycles. The zero-order valence-electron chi connectivity index (χ0n) is 18.8. The SMILES string of the molecule is CCc1cc(C)cc(OCCOc2c(Cl)cc(C=NNC(=O)c3ccncc3)cc2OC)c1. The first kappa shape index (κ1) is 24.1. The highest BCUT2D eigenvalue weighted by Gasteiger charge is 2.12. The molecular formula is C25H26ClN3O4. The first-order valence-corrected chi connectivity index (χ1v) is 10.8. The first-order valence-electron chi connectivity index (χ1n) is 10.5. The van der Waals surface area contributed by atoms with Crippen molar-refractivity contribution >= 4 is 23.7 Å². The molecule has 8 heteroatoms. The molecular weight excluding hydrogens is 442 g/mol. The lowest BCUT2D eigenvalue weighted by molar-refractivity contribution is 0.0955. The second-order valence-electron chi connectivity index (χ2n) is 7.17. The summed E-state index contributed by atoms with van der Waals surface area (Å²) < 4.78 is 17.1. The molecule has 0 spiro atoms. The Morgan fingerprint density at radius 1 is 1.12 bits per heavy atom. The Morgan fingerprint density at radius 3 is 2.61 bits per heavy atom. The van der Waals surface area contributed by atoms with Crippen LogP contribution in [0.4, 0.5) is 0 Å². The van der Waals surface area contributed by atoms with Gasteiger partial charge in [-0.1, -0.05) is 24.6 Å². The summed E-state index contributed by atoms with van der Waals surface area (Å²) in [5, 5.41) is 4.34. The van der Waals surface area contributed by atoms with E-state index in [2.05, 4.69) is 28.5 Å². The number of halogens is 1. The minimum Gasteiger partial charge on any atom is -0.493 e. The molecule has 3 rings (SSSR count). The van der Waals surface area contributed by atoms with E-state index in [1.165, 1.54) is 31.3 Å². The van der Waals surface area contributed by atoms with Gasteiger partial charge in [0.15, 0.2) is 11.5 Å². The molecule has 3 aromatic rings.